The summed E-state index contributed by atoms with van der Waals surface area (Å²) < 4.78 is 5.38. The first-order valence-corrected chi connectivity index (χ1v) is 8.07. The summed E-state index contributed by atoms with van der Waals surface area (Å²) in [5.41, 5.74) is 7.08. The summed E-state index contributed by atoms with van der Waals surface area (Å²) in [5, 5.41) is 0. The lowest BCUT2D eigenvalue weighted by molar-refractivity contribution is -0.131. The molecule has 2 rings (SSSR count). The Kier molecular flexibility index (Phi) is 7.36. The topological polar surface area (TPSA) is 55.6 Å². The number of hydrogen-bond donors (Lipinski definition) is 1. The summed E-state index contributed by atoms with van der Waals surface area (Å²) in [6.45, 7) is 6.58. The van der Waals surface area contributed by atoms with Crippen LogP contribution in [0.15, 0.2) is 24.3 Å². The number of likely N-dealkylation sites (tertiary alicyclic amines) is 1. The molecule has 1 saturated heterocycles. The van der Waals surface area contributed by atoms with Crippen LogP contribution >= 0.6 is 12.4 Å². The van der Waals surface area contributed by atoms with Crippen molar-refractivity contribution < 1.29 is 9.53 Å². The van der Waals surface area contributed by atoms with Crippen LogP contribution in [-0.4, -0.2) is 37.6 Å². The van der Waals surface area contributed by atoms with E-state index in [4.69, 9.17) is 10.5 Å². The molecular weight excluding hydrogens is 312 g/mol. The largest absolute Gasteiger partial charge is 0.496 e. The second kappa shape index (κ2) is 8.55. The average molecular weight is 341 g/mol. The number of para-hydroxylation sites is 1. The van der Waals surface area contributed by atoms with Gasteiger partial charge in [-0.1, -0.05) is 32.0 Å². The zero-order chi connectivity index (χ0) is 16.2. The molecule has 0 aliphatic carbocycles. The van der Waals surface area contributed by atoms with Gasteiger partial charge in [0.05, 0.1) is 7.11 Å². The average Bonchev–Trinajstić information content (AvgIpc) is 2.91. The quantitative estimate of drug-likeness (QED) is 0.866. The van der Waals surface area contributed by atoms with Crippen LogP contribution in [0.1, 0.15) is 32.3 Å². The zero-order valence-electron chi connectivity index (χ0n) is 14.4. The molecule has 0 saturated carbocycles. The molecule has 2 unspecified atom stereocenters. The fourth-order valence-corrected chi connectivity index (χ4v) is 3.15. The standard InChI is InChI=1S/C18H28N2O2.ClH/c1-14(10-15-6-4-5-7-16(15)22-3)11-17(21)20-9-8-18(2,12-19)13-20;/h4-7,14H,8-13,19H2,1-3H3;1H. The van der Waals surface area contributed by atoms with E-state index < -0.39 is 0 Å². The smallest absolute Gasteiger partial charge is 0.222 e. The third-order valence-electron chi connectivity index (χ3n) is 4.69. The van der Waals surface area contributed by atoms with Crippen LogP contribution < -0.4 is 10.5 Å². The van der Waals surface area contributed by atoms with Crippen molar-refractivity contribution >= 4 is 18.3 Å². The highest BCUT2D eigenvalue weighted by molar-refractivity contribution is 5.85. The third-order valence-corrected chi connectivity index (χ3v) is 4.69. The molecular formula is C18H29ClN2O2. The van der Waals surface area contributed by atoms with Crippen LogP contribution in [0.4, 0.5) is 0 Å². The van der Waals surface area contributed by atoms with Crippen LogP contribution in [0, 0.1) is 11.3 Å². The molecule has 0 spiro atoms. The van der Waals surface area contributed by atoms with E-state index in [-0.39, 0.29) is 23.7 Å². The number of hydrogen-bond acceptors (Lipinski definition) is 3. The Labute approximate surface area is 145 Å². The molecule has 1 heterocycles. The maximum atomic E-state index is 12.5. The van der Waals surface area contributed by atoms with E-state index in [1.807, 2.05) is 23.1 Å². The fraction of sp³-hybridized carbons (Fsp3) is 0.611. The highest BCUT2D eigenvalue weighted by Gasteiger charge is 2.34. The molecule has 1 aromatic carbocycles. The molecule has 1 aliphatic rings. The van der Waals surface area contributed by atoms with Gasteiger partial charge in [0.2, 0.25) is 5.91 Å². The lowest BCUT2D eigenvalue weighted by atomic mass is 9.90. The number of halogens is 1. The summed E-state index contributed by atoms with van der Waals surface area (Å²) in [7, 11) is 1.69. The molecule has 130 valence electrons. The highest BCUT2D eigenvalue weighted by Crippen LogP contribution is 2.30. The zero-order valence-corrected chi connectivity index (χ0v) is 15.2. The van der Waals surface area contributed by atoms with E-state index in [1.54, 1.807) is 7.11 Å². The van der Waals surface area contributed by atoms with Crippen molar-refractivity contribution in [2.24, 2.45) is 17.1 Å². The summed E-state index contributed by atoms with van der Waals surface area (Å²) in [5.74, 6) is 1.45. The van der Waals surface area contributed by atoms with Gasteiger partial charge in [-0.05, 0) is 42.3 Å². The molecule has 2 atom stereocenters. The van der Waals surface area contributed by atoms with E-state index in [1.165, 1.54) is 5.56 Å². The second-order valence-electron chi connectivity index (χ2n) is 6.91. The van der Waals surface area contributed by atoms with Crippen LogP contribution in [-0.2, 0) is 11.2 Å². The van der Waals surface area contributed by atoms with E-state index in [9.17, 15) is 4.79 Å². The monoisotopic (exact) mass is 340 g/mol. The molecule has 2 N–H and O–H groups in total. The Morgan fingerprint density at radius 3 is 2.74 bits per heavy atom. The summed E-state index contributed by atoms with van der Waals surface area (Å²) in [4.78, 5) is 14.4. The molecule has 0 aromatic heterocycles. The SMILES string of the molecule is COc1ccccc1CC(C)CC(=O)N1CCC(C)(CN)C1.Cl. The first-order chi connectivity index (χ1) is 10.5. The predicted molar refractivity (Wildman–Crippen MR) is 96.1 cm³/mol. The van der Waals surface area contributed by atoms with Crippen molar-refractivity contribution in [3.63, 3.8) is 0 Å². The number of carbonyl (C=O) groups is 1. The van der Waals surface area contributed by atoms with Gasteiger partial charge in [0, 0.05) is 19.5 Å². The molecule has 0 bridgehead atoms. The minimum Gasteiger partial charge on any atom is -0.496 e. The molecule has 5 heteroatoms. The number of carbonyl (C=O) groups excluding carboxylic acids is 1. The minimum atomic E-state index is 0. The van der Waals surface area contributed by atoms with E-state index in [2.05, 4.69) is 19.9 Å². The van der Waals surface area contributed by atoms with Crippen molar-refractivity contribution in [1.82, 2.24) is 4.90 Å². The lowest BCUT2D eigenvalue weighted by Gasteiger charge is -2.23. The van der Waals surface area contributed by atoms with E-state index in [0.717, 1.165) is 31.7 Å². The molecule has 1 aliphatic heterocycles. The molecule has 1 fully saturated rings. The number of ether oxygens (including phenoxy) is 1. The number of rotatable bonds is 6. The van der Waals surface area contributed by atoms with Gasteiger partial charge in [-0.2, -0.15) is 0 Å². The van der Waals surface area contributed by atoms with Gasteiger partial charge in [0.25, 0.3) is 0 Å². The lowest BCUT2D eigenvalue weighted by Crippen LogP contribution is -2.35. The maximum absolute atomic E-state index is 12.5. The van der Waals surface area contributed by atoms with Crippen molar-refractivity contribution in [3.05, 3.63) is 29.8 Å². The number of nitrogens with two attached hydrogens (primary N) is 1. The van der Waals surface area contributed by atoms with Crippen molar-refractivity contribution in [2.75, 3.05) is 26.7 Å². The van der Waals surface area contributed by atoms with Crippen molar-refractivity contribution in [1.29, 1.82) is 0 Å². The highest BCUT2D eigenvalue weighted by atomic mass is 35.5. The Morgan fingerprint density at radius 2 is 2.13 bits per heavy atom. The number of benzene rings is 1. The Balaban J connectivity index is 0.00000264. The normalized spacial score (nSPS) is 21.7. The van der Waals surface area contributed by atoms with Gasteiger partial charge in [0.1, 0.15) is 5.75 Å². The Hall–Kier alpha value is -1.26. The fourth-order valence-electron chi connectivity index (χ4n) is 3.15. The van der Waals surface area contributed by atoms with E-state index >= 15 is 0 Å². The number of methoxy groups -OCH3 is 1. The summed E-state index contributed by atoms with van der Waals surface area (Å²) in [6, 6.07) is 8.02. The Morgan fingerprint density at radius 1 is 1.43 bits per heavy atom. The molecule has 4 nitrogen and oxygen atoms in total. The Bertz CT molecular complexity index is 523. The molecule has 1 aromatic rings. The minimum absolute atomic E-state index is 0. The van der Waals surface area contributed by atoms with Crippen LogP contribution in [0.2, 0.25) is 0 Å². The van der Waals surface area contributed by atoms with Gasteiger partial charge in [-0.3, -0.25) is 4.79 Å². The van der Waals surface area contributed by atoms with Crippen molar-refractivity contribution in [3.8, 4) is 5.75 Å². The second-order valence-corrected chi connectivity index (χ2v) is 6.91. The number of nitrogens with zero attached hydrogens (tertiary/aromatic N) is 1. The van der Waals surface area contributed by atoms with Crippen LogP contribution in [0.5, 0.6) is 5.75 Å². The summed E-state index contributed by atoms with van der Waals surface area (Å²) >= 11 is 0. The van der Waals surface area contributed by atoms with Crippen LogP contribution in [0.25, 0.3) is 0 Å². The number of amides is 1. The van der Waals surface area contributed by atoms with Crippen LogP contribution in [0.3, 0.4) is 0 Å². The van der Waals surface area contributed by atoms with Gasteiger partial charge < -0.3 is 15.4 Å². The summed E-state index contributed by atoms with van der Waals surface area (Å²) in [6.07, 6.45) is 2.45. The van der Waals surface area contributed by atoms with Gasteiger partial charge in [0.15, 0.2) is 0 Å². The third kappa shape index (κ3) is 5.11. The molecule has 0 radical (unpaired) electrons. The van der Waals surface area contributed by atoms with Gasteiger partial charge in [-0.25, -0.2) is 0 Å². The molecule has 23 heavy (non-hydrogen) atoms. The maximum Gasteiger partial charge on any atom is 0.222 e. The molecule has 1 amide bonds. The first kappa shape index (κ1) is 19.8. The van der Waals surface area contributed by atoms with Gasteiger partial charge in [-0.15, -0.1) is 12.4 Å². The van der Waals surface area contributed by atoms with E-state index in [0.29, 0.717) is 18.9 Å². The predicted octanol–water partition coefficient (Wildman–Crippen LogP) is 2.88. The van der Waals surface area contributed by atoms with Crippen molar-refractivity contribution in [2.45, 2.75) is 33.1 Å². The van der Waals surface area contributed by atoms with Gasteiger partial charge >= 0.3 is 0 Å². The first-order valence-electron chi connectivity index (χ1n) is 8.07.